The van der Waals surface area contributed by atoms with Crippen LogP contribution in [0.5, 0.6) is 11.5 Å². The van der Waals surface area contributed by atoms with Crippen molar-refractivity contribution in [2.75, 3.05) is 33.9 Å². The Morgan fingerprint density at radius 1 is 1.00 bits per heavy atom. The van der Waals surface area contributed by atoms with Crippen LogP contribution in [0.2, 0.25) is 0 Å². The summed E-state index contributed by atoms with van der Waals surface area (Å²) < 4.78 is 0. The number of hydrogen-bond donors (Lipinski definition) is 5. The fraction of sp³-hybridized carbons (Fsp3) is 0.565. The Labute approximate surface area is 195 Å². The number of hydrogen-bond acceptors (Lipinski definition) is 10. The third-order valence-electron chi connectivity index (χ3n) is 5.70. The molecule has 1 aliphatic heterocycles. The van der Waals surface area contributed by atoms with E-state index in [1.54, 1.807) is 12.1 Å². The molecule has 2 heterocycles. The number of nitrogens with one attached hydrogen (secondary N) is 2. The van der Waals surface area contributed by atoms with Crippen molar-refractivity contribution in [3.8, 4) is 11.5 Å². The van der Waals surface area contributed by atoms with Crippen LogP contribution in [0.15, 0.2) is 18.2 Å². The Hall–Kier alpha value is -2.98. The molecule has 0 radical (unpaired) electrons. The second kappa shape index (κ2) is 9.88. The van der Waals surface area contributed by atoms with Crippen molar-refractivity contribution in [2.24, 2.45) is 5.92 Å². The zero-order valence-corrected chi connectivity index (χ0v) is 20.5. The first-order valence-electron chi connectivity index (χ1n) is 11.4. The van der Waals surface area contributed by atoms with Crippen LogP contribution in [0, 0.1) is 5.92 Å². The Kier molecular flexibility index (Phi) is 7.38. The largest absolute Gasteiger partial charge is 0.504 e. The third-order valence-corrected chi connectivity index (χ3v) is 5.70. The summed E-state index contributed by atoms with van der Waals surface area (Å²) in [6.07, 6.45) is 0. The maximum atomic E-state index is 9.92. The minimum atomic E-state index is -0.182. The van der Waals surface area contributed by atoms with Gasteiger partial charge in [-0.3, -0.25) is 10.0 Å². The molecule has 10 nitrogen and oxygen atoms in total. The molecule has 0 saturated heterocycles. The van der Waals surface area contributed by atoms with Gasteiger partial charge in [-0.2, -0.15) is 9.97 Å². The molecule has 0 fully saturated rings. The van der Waals surface area contributed by atoms with E-state index >= 15 is 0 Å². The van der Waals surface area contributed by atoms with Crippen LogP contribution in [-0.2, 0) is 6.54 Å². The average Bonchev–Trinajstić information content (AvgIpc) is 3.14. The second-order valence-electron chi connectivity index (χ2n) is 9.43. The Morgan fingerprint density at radius 2 is 1.67 bits per heavy atom. The molecule has 0 aliphatic carbocycles. The topological polar surface area (TPSA) is 120 Å². The Morgan fingerprint density at radius 3 is 2.21 bits per heavy atom. The van der Waals surface area contributed by atoms with Gasteiger partial charge < -0.3 is 25.5 Å². The third kappa shape index (κ3) is 5.17. The number of anilines is 4. The van der Waals surface area contributed by atoms with Gasteiger partial charge in [0.15, 0.2) is 23.1 Å². The van der Waals surface area contributed by atoms with E-state index in [1.807, 2.05) is 35.8 Å². The number of aliphatic hydroxyl groups is 1. The number of aliphatic hydroxyl groups excluding tert-OH is 1. The van der Waals surface area contributed by atoms with Crippen LogP contribution in [0.25, 0.3) is 0 Å². The number of aromatic nitrogens is 2. The highest BCUT2D eigenvalue weighted by Crippen LogP contribution is 2.42. The molecule has 0 bridgehead atoms. The highest BCUT2D eigenvalue weighted by Gasteiger charge is 2.36. The van der Waals surface area contributed by atoms with E-state index in [2.05, 4.69) is 38.5 Å². The monoisotopic (exact) mass is 459 g/mol. The van der Waals surface area contributed by atoms with Crippen LogP contribution in [0.4, 0.5) is 23.3 Å². The molecule has 0 amide bonds. The lowest BCUT2D eigenvalue weighted by atomic mass is 10.1. The first-order chi connectivity index (χ1) is 15.5. The van der Waals surface area contributed by atoms with Crippen molar-refractivity contribution in [1.82, 2.24) is 15.5 Å². The highest BCUT2D eigenvalue weighted by atomic mass is 16.3. The van der Waals surface area contributed by atoms with Gasteiger partial charge in [-0.05, 0) is 51.3 Å². The van der Waals surface area contributed by atoms with Gasteiger partial charge >= 0.3 is 0 Å². The van der Waals surface area contributed by atoms with E-state index in [0.29, 0.717) is 18.3 Å². The molecule has 1 aromatic carbocycles. The van der Waals surface area contributed by atoms with Crippen LogP contribution in [-0.4, -0.2) is 57.1 Å². The zero-order chi connectivity index (χ0) is 24.4. The van der Waals surface area contributed by atoms with Crippen LogP contribution >= 0.6 is 0 Å². The zero-order valence-electron chi connectivity index (χ0n) is 20.5. The Bertz CT molecular complexity index is 967. The lowest BCUT2D eigenvalue weighted by molar-refractivity contribution is 0.248. The molecule has 3 rings (SSSR count). The number of nitrogens with zero attached hydrogens (tertiary/aromatic N) is 5. The lowest BCUT2D eigenvalue weighted by Crippen LogP contribution is -2.50. The summed E-state index contributed by atoms with van der Waals surface area (Å²) in [5, 5.41) is 36.7. The van der Waals surface area contributed by atoms with E-state index in [4.69, 9.17) is 9.97 Å². The molecule has 33 heavy (non-hydrogen) atoms. The van der Waals surface area contributed by atoms with Gasteiger partial charge in [-0.15, -0.1) is 5.53 Å². The van der Waals surface area contributed by atoms with Gasteiger partial charge in [0.25, 0.3) is 0 Å². The summed E-state index contributed by atoms with van der Waals surface area (Å²) in [4.78, 5) is 11.7. The van der Waals surface area contributed by atoms with Crippen molar-refractivity contribution in [3.63, 3.8) is 0 Å². The molecule has 0 spiro atoms. The molecule has 0 unspecified atom stereocenters. The number of aromatic hydroxyl groups is 2. The van der Waals surface area contributed by atoms with Crippen LogP contribution in [0.3, 0.4) is 0 Å². The van der Waals surface area contributed by atoms with Gasteiger partial charge in [0.2, 0.25) is 5.95 Å². The van der Waals surface area contributed by atoms with E-state index < -0.39 is 0 Å². The first-order valence-corrected chi connectivity index (χ1v) is 11.4. The van der Waals surface area contributed by atoms with Crippen LogP contribution < -0.4 is 25.8 Å². The van der Waals surface area contributed by atoms with Crippen molar-refractivity contribution >= 4 is 23.3 Å². The minimum Gasteiger partial charge on any atom is -0.504 e. The van der Waals surface area contributed by atoms with Crippen molar-refractivity contribution in [1.29, 1.82) is 0 Å². The molecular weight excluding hydrogens is 422 g/mol. The summed E-state index contributed by atoms with van der Waals surface area (Å²) in [6.45, 7) is 12.9. The molecular formula is C23H37N7O3. The smallest absolute Gasteiger partial charge is 0.227 e. The fourth-order valence-corrected chi connectivity index (χ4v) is 3.70. The predicted octanol–water partition coefficient (Wildman–Crippen LogP) is 2.82. The van der Waals surface area contributed by atoms with Gasteiger partial charge in [-0.25, -0.2) is 0 Å². The molecule has 2 aromatic rings. The van der Waals surface area contributed by atoms with E-state index in [0.717, 1.165) is 17.1 Å². The Balaban J connectivity index is 2.09. The average molecular weight is 460 g/mol. The molecule has 0 saturated carbocycles. The second-order valence-corrected chi connectivity index (χ2v) is 9.43. The molecule has 182 valence electrons. The van der Waals surface area contributed by atoms with E-state index in [1.165, 1.54) is 6.07 Å². The summed E-state index contributed by atoms with van der Waals surface area (Å²) in [6, 6.07) is 4.89. The number of benzene rings is 1. The van der Waals surface area contributed by atoms with E-state index in [9.17, 15) is 15.3 Å². The number of phenolic OH excluding ortho intramolecular Hbond substituents is 2. The SMILES string of the molecule is CC(C)[C@H](CO)Nc1nc(N(C)Cc2ccc(O)c(O)c2)c2c(n1)N(C(C)C)NN2C(C)C. The highest BCUT2D eigenvalue weighted by molar-refractivity contribution is 5.83. The summed E-state index contributed by atoms with van der Waals surface area (Å²) in [5.41, 5.74) is 5.12. The molecule has 5 N–H and O–H groups in total. The van der Waals surface area contributed by atoms with Gasteiger partial charge in [0.1, 0.15) is 5.69 Å². The fourth-order valence-electron chi connectivity index (χ4n) is 3.70. The van der Waals surface area contributed by atoms with Crippen molar-refractivity contribution < 1.29 is 15.3 Å². The maximum absolute atomic E-state index is 9.92. The number of hydrazine groups is 2. The van der Waals surface area contributed by atoms with Gasteiger partial charge in [-0.1, -0.05) is 19.9 Å². The summed E-state index contributed by atoms with van der Waals surface area (Å²) in [7, 11) is 1.93. The maximum Gasteiger partial charge on any atom is 0.227 e. The number of fused-ring (bicyclic) bond motifs is 1. The van der Waals surface area contributed by atoms with Crippen LogP contribution in [0.1, 0.15) is 47.1 Å². The van der Waals surface area contributed by atoms with E-state index in [-0.39, 0.29) is 42.1 Å². The van der Waals surface area contributed by atoms with Crippen molar-refractivity contribution in [2.45, 2.75) is 66.2 Å². The minimum absolute atomic E-state index is 0.0274. The summed E-state index contributed by atoms with van der Waals surface area (Å²) >= 11 is 0. The molecule has 1 atom stereocenters. The molecule has 10 heteroatoms. The first kappa shape index (κ1) is 24.7. The molecule has 1 aliphatic rings. The van der Waals surface area contributed by atoms with Crippen molar-refractivity contribution in [3.05, 3.63) is 23.8 Å². The lowest BCUT2D eigenvalue weighted by Gasteiger charge is -2.29. The standard InChI is InChI=1S/C23H37N7O3/c1-13(2)17(12-31)24-23-25-21(28(7)11-16-8-9-18(32)19(33)10-16)20-22(26-23)30(15(5)6)27-29(20)14(3)4/h8-10,13-15,17,27,31-33H,11-12H2,1-7H3,(H,24,25,26)/t17-/m0/s1. The quantitative estimate of drug-likeness (QED) is 0.358. The number of phenols is 2. The normalized spacial score (nSPS) is 14.4. The van der Waals surface area contributed by atoms with Gasteiger partial charge in [0.05, 0.1) is 12.6 Å². The number of rotatable bonds is 9. The summed E-state index contributed by atoms with van der Waals surface area (Å²) in [5.74, 6) is 1.79. The predicted molar refractivity (Wildman–Crippen MR) is 132 cm³/mol. The van der Waals surface area contributed by atoms with Gasteiger partial charge in [0, 0.05) is 25.7 Å². The molecule has 1 aromatic heterocycles.